The normalized spacial score (nSPS) is 14.6. The van der Waals surface area contributed by atoms with E-state index < -0.39 is 54.5 Å². The van der Waals surface area contributed by atoms with Crippen LogP contribution in [0.1, 0.15) is 19.8 Å². The summed E-state index contributed by atoms with van der Waals surface area (Å²) >= 11 is 3.86. The van der Waals surface area contributed by atoms with E-state index in [1.54, 1.807) is 0 Å². The van der Waals surface area contributed by atoms with Crippen LogP contribution in [0.2, 0.25) is 0 Å². The molecule has 11 N–H and O–H groups in total. The number of aliphatic hydroxyl groups is 1. The Bertz CT molecular complexity index is 612. The number of hydrogen-bond donors (Lipinski definition) is 9. The lowest BCUT2D eigenvalue weighted by Gasteiger charge is -2.25. The summed E-state index contributed by atoms with van der Waals surface area (Å²) in [6.45, 7) is 1.04. The molecule has 0 heterocycles. The van der Waals surface area contributed by atoms with Crippen molar-refractivity contribution in [2.24, 2.45) is 22.2 Å². The van der Waals surface area contributed by atoms with Gasteiger partial charge < -0.3 is 43.4 Å². The van der Waals surface area contributed by atoms with Crippen LogP contribution in [-0.2, 0) is 19.2 Å². The lowest BCUT2D eigenvalue weighted by molar-refractivity contribution is -0.141. The summed E-state index contributed by atoms with van der Waals surface area (Å²) in [6.07, 6.45) is -0.936. The number of thiol groups is 1. The maximum absolute atomic E-state index is 12.5. The highest BCUT2D eigenvalue weighted by molar-refractivity contribution is 7.80. The summed E-state index contributed by atoms with van der Waals surface area (Å²) in [6, 6.07) is -3.80. The standard InChI is InChI=1S/C15H29N7O6S/c1-7(23)11(22-10(24)5-16)13(26)20-8(3-2-4-19-15(17)18)12(25)21-9(6-29)14(27)28/h7-9,11,23,29H,2-6,16H2,1H3,(H,20,26)(H,21,25)(H,22,24)(H,27,28)(H4,17,18,19). The van der Waals surface area contributed by atoms with Gasteiger partial charge in [0.15, 0.2) is 5.96 Å². The van der Waals surface area contributed by atoms with Crippen LogP contribution in [0, 0.1) is 0 Å². The van der Waals surface area contributed by atoms with Crippen LogP contribution in [0.3, 0.4) is 0 Å². The van der Waals surface area contributed by atoms with E-state index >= 15 is 0 Å². The zero-order valence-electron chi connectivity index (χ0n) is 16.0. The maximum Gasteiger partial charge on any atom is 0.327 e. The van der Waals surface area contributed by atoms with Crippen molar-refractivity contribution in [1.82, 2.24) is 16.0 Å². The van der Waals surface area contributed by atoms with Crippen LogP contribution >= 0.6 is 12.6 Å². The van der Waals surface area contributed by atoms with E-state index in [4.69, 9.17) is 22.3 Å². The minimum atomic E-state index is -1.36. The fourth-order valence-electron chi connectivity index (χ4n) is 2.13. The Morgan fingerprint density at radius 3 is 2.10 bits per heavy atom. The molecule has 0 fully saturated rings. The largest absolute Gasteiger partial charge is 0.480 e. The van der Waals surface area contributed by atoms with Crippen molar-refractivity contribution in [3.05, 3.63) is 0 Å². The van der Waals surface area contributed by atoms with E-state index in [2.05, 4.69) is 33.6 Å². The van der Waals surface area contributed by atoms with Gasteiger partial charge in [0.2, 0.25) is 17.7 Å². The van der Waals surface area contributed by atoms with Crippen LogP contribution in [0.15, 0.2) is 4.99 Å². The average Bonchev–Trinajstić information content (AvgIpc) is 2.64. The highest BCUT2D eigenvalue weighted by atomic mass is 32.1. The van der Waals surface area contributed by atoms with Gasteiger partial charge in [-0.2, -0.15) is 12.6 Å². The third kappa shape index (κ3) is 10.5. The molecule has 4 unspecified atom stereocenters. The Balaban J connectivity index is 5.30. The number of rotatable bonds is 13. The predicted octanol–water partition coefficient (Wildman–Crippen LogP) is -4.15. The Morgan fingerprint density at radius 2 is 1.66 bits per heavy atom. The number of hydrogen-bond acceptors (Lipinski definition) is 8. The van der Waals surface area contributed by atoms with Crippen LogP contribution in [0.5, 0.6) is 0 Å². The number of amides is 3. The first-order valence-electron chi connectivity index (χ1n) is 8.70. The summed E-state index contributed by atoms with van der Waals surface area (Å²) in [5, 5.41) is 25.7. The highest BCUT2D eigenvalue weighted by Gasteiger charge is 2.30. The number of carbonyl (C=O) groups excluding carboxylic acids is 3. The van der Waals surface area contributed by atoms with Gasteiger partial charge in [-0.15, -0.1) is 0 Å². The van der Waals surface area contributed by atoms with Gasteiger partial charge in [-0.25, -0.2) is 4.79 Å². The highest BCUT2D eigenvalue weighted by Crippen LogP contribution is 2.03. The van der Waals surface area contributed by atoms with Crippen molar-refractivity contribution < 1.29 is 29.4 Å². The fraction of sp³-hybridized carbons (Fsp3) is 0.667. The molecule has 0 bridgehead atoms. The molecular formula is C15H29N7O6S. The quantitative estimate of drug-likeness (QED) is 0.0590. The number of aliphatic hydroxyl groups excluding tert-OH is 1. The lowest BCUT2D eigenvalue weighted by atomic mass is 10.1. The molecule has 0 aromatic heterocycles. The number of aliphatic imine (C=N–C) groups is 1. The third-order valence-corrected chi connectivity index (χ3v) is 4.01. The second-order valence-electron chi connectivity index (χ2n) is 6.08. The molecule has 3 amide bonds. The number of nitrogens with zero attached hydrogens (tertiary/aromatic N) is 1. The first-order chi connectivity index (χ1) is 13.5. The Labute approximate surface area is 173 Å². The minimum Gasteiger partial charge on any atom is -0.480 e. The summed E-state index contributed by atoms with van der Waals surface area (Å²) in [4.78, 5) is 51.3. The van der Waals surface area contributed by atoms with E-state index in [1.165, 1.54) is 6.92 Å². The number of carbonyl (C=O) groups is 4. The van der Waals surface area contributed by atoms with E-state index in [-0.39, 0.29) is 31.1 Å². The molecule has 29 heavy (non-hydrogen) atoms. The molecule has 0 aliphatic carbocycles. The summed E-state index contributed by atoms with van der Waals surface area (Å²) in [5.74, 6) is -3.91. The number of carboxylic acids is 1. The molecule has 14 heteroatoms. The Morgan fingerprint density at radius 1 is 1.07 bits per heavy atom. The van der Waals surface area contributed by atoms with E-state index in [0.717, 1.165) is 0 Å². The van der Waals surface area contributed by atoms with Crippen molar-refractivity contribution in [2.75, 3.05) is 18.8 Å². The van der Waals surface area contributed by atoms with Crippen LogP contribution < -0.4 is 33.2 Å². The van der Waals surface area contributed by atoms with Gasteiger partial charge in [0.05, 0.1) is 12.6 Å². The second kappa shape index (κ2) is 13.6. The number of nitrogens with two attached hydrogens (primary N) is 3. The first-order valence-corrected chi connectivity index (χ1v) is 9.34. The fourth-order valence-corrected chi connectivity index (χ4v) is 2.38. The Hall–Kier alpha value is -2.58. The third-order valence-electron chi connectivity index (χ3n) is 3.64. The number of carboxylic acid groups (broad SMARTS) is 1. The van der Waals surface area contributed by atoms with Gasteiger partial charge in [-0.3, -0.25) is 19.4 Å². The molecular weight excluding hydrogens is 406 g/mol. The van der Waals surface area contributed by atoms with Crippen molar-refractivity contribution in [1.29, 1.82) is 0 Å². The lowest BCUT2D eigenvalue weighted by Crippen LogP contribution is -2.58. The van der Waals surface area contributed by atoms with E-state index in [9.17, 15) is 24.3 Å². The molecule has 0 radical (unpaired) electrons. The molecule has 0 aliphatic rings. The molecule has 0 spiro atoms. The molecule has 0 saturated heterocycles. The summed E-state index contributed by atoms with van der Waals surface area (Å²) in [5.41, 5.74) is 15.6. The van der Waals surface area contributed by atoms with Crippen LogP contribution in [0.25, 0.3) is 0 Å². The zero-order chi connectivity index (χ0) is 22.6. The van der Waals surface area contributed by atoms with Gasteiger partial charge in [-0.1, -0.05) is 0 Å². The van der Waals surface area contributed by atoms with Gasteiger partial charge in [0.25, 0.3) is 0 Å². The molecule has 0 aromatic carbocycles. The first kappa shape index (κ1) is 26.4. The zero-order valence-corrected chi connectivity index (χ0v) is 16.9. The predicted molar refractivity (Wildman–Crippen MR) is 108 cm³/mol. The SMILES string of the molecule is CC(O)C(NC(=O)CN)C(=O)NC(CCCN=C(N)N)C(=O)NC(CS)C(=O)O. The second-order valence-corrected chi connectivity index (χ2v) is 6.45. The maximum atomic E-state index is 12.5. The van der Waals surface area contributed by atoms with Crippen molar-refractivity contribution in [2.45, 2.75) is 44.0 Å². The van der Waals surface area contributed by atoms with Crippen molar-refractivity contribution in [3.8, 4) is 0 Å². The van der Waals surface area contributed by atoms with Crippen molar-refractivity contribution in [3.63, 3.8) is 0 Å². The van der Waals surface area contributed by atoms with Crippen LogP contribution in [-0.4, -0.2) is 82.9 Å². The van der Waals surface area contributed by atoms with E-state index in [0.29, 0.717) is 0 Å². The average molecular weight is 436 g/mol. The molecule has 13 nitrogen and oxygen atoms in total. The van der Waals surface area contributed by atoms with Gasteiger partial charge in [0, 0.05) is 12.3 Å². The molecule has 0 aliphatic heterocycles. The van der Waals surface area contributed by atoms with Crippen molar-refractivity contribution >= 4 is 42.3 Å². The topological polar surface area (TPSA) is 235 Å². The van der Waals surface area contributed by atoms with Gasteiger partial charge in [-0.05, 0) is 19.8 Å². The van der Waals surface area contributed by atoms with Gasteiger partial charge in [0.1, 0.15) is 18.1 Å². The number of aliphatic carboxylic acids is 1. The molecule has 4 atom stereocenters. The smallest absolute Gasteiger partial charge is 0.327 e. The van der Waals surface area contributed by atoms with E-state index in [1.807, 2.05) is 0 Å². The molecule has 0 saturated carbocycles. The minimum absolute atomic E-state index is 0.0601. The Kier molecular flexibility index (Phi) is 12.4. The summed E-state index contributed by atoms with van der Waals surface area (Å²) < 4.78 is 0. The van der Waals surface area contributed by atoms with Crippen LogP contribution in [0.4, 0.5) is 0 Å². The molecule has 0 aromatic rings. The monoisotopic (exact) mass is 435 g/mol. The number of guanidine groups is 1. The number of nitrogens with one attached hydrogen (secondary N) is 3. The summed E-state index contributed by atoms with van der Waals surface area (Å²) in [7, 11) is 0. The molecule has 0 rings (SSSR count). The molecule has 166 valence electrons. The van der Waals surface area contributed by atoms with Gasteiger partial charge >= 0.3 is 5.97 Å².